The van der Waals surface area contributed by atoms with E-state index in [1.807, 2.05) is 13.0 Å². The van der Waals surface area contributed by atoms with Crippen LogP contribution in [0.25, 0.3) is 0 Å². The van der Waals surface area contributed by atoms with E-state index in [0.717, 1.165) is 5.56 Å². The molecule has 25 heavy (non-hydrogen) atoms. The summed E-state index contributed by atoms with van der Waals surface area (Å²) >= 11 is 12.2. The van der Waals surface area contributed by atoms with E-state index < -0.39 is 0 Å². The van der Waals surface area contributed by atoms with E-state index in [4.69, 9.17) is 27.9 Å². The topological polar surface area (TPSA) is 67.4 Å². The molecule has 1 heterocycles. The van der Waals surface area contributed by atoms with Gasteiger partial charge in [0, 0.05) is 10.0 Å². The van der Waals surface area contributed by atoms with Gasteiger partial charge in [0.2, 0.25) is 5.91 Å². The molecule has 0 aromatic heterocycles. The zero-order valence-corrected chi connectivity index (χ0v) is 14.9. The van der Waals surface area contributed by atoms with Crippen LogP contribution in [0.15, 0.2) is 36.4 Å². The number of rotatable bonds is 4. The lowest BCUT2D eigenvalue weighted by atomic mass is 10.1. The lowest BCUT2D eigenvalue weighted by Crippen LogP contribution is -2.29. The van der Waals surface area contributed by atoms with Gasteiger partial charge in [-0.3, -0.25) is 9.59 Å². The summed E-state index contributed by atoms with van der Waals surface area (Å²) < 4.78 is 5.33. The van der Waals surface area contributed by atoms with Gasteiger partial charge in [-0.1, -0.05) is 35.3 Å². The monoisotopic (exact) mass is 378 g/mol. The van der Waals surface area contributed by atoms with E-state index in [-0.39, 0.29) is 30.9 Å². The summed E-state index contributed by atoms with van der Waals surface area (Å²) in [6, 6.07) is 10.3. The van der Waals surface area contributed by atoms with Gasteiger partial charge in [0.1, 0.15) is 5.75 Å². The number of benzene rings is 2. The first-order chi connectivity index (χ1) is 11.9. The summed E-state index contributed by atoms with van der Waals surface area (Å²) in [5.74, 6) is 0.222. The van der Waals surface area contributed by atoms with Crippen molar-refractivity contribution in [2.24, 2.45) is 0 Å². The number of amides is 2. The Hall–Kier alpha value is -2.24. The van der Waals surface area contributed by atoms with Crippen molar-refractivity contribution < 1.29 is 14.3 Å². The second-order valence-corrected chi connectivity index (χ2v) is 6.57. The van der Waals surface area contributed by atoms with E-state index in [2.05, 4.69) is 10.6 Å². The van der Waals surface area contributed by atoms with Crippen LogP contribution in [-0.4, -0.2) is 18.4 Å². The first kappa shape index (κ1) is 17.6. The fraction of sp³-hybridized carbons (Fsp3) is 0.222. The standard InChI is InChI=1S/C18H16Cl2N2O3/c1-10(11-5-6-16-15(7-11)22-18(24)9-25-16)21-17(23)8-12-13(19)3-2-4-14(12)20/h2-7,10H,8-9H2,1H3,(H,21,23)(H,22,24). The fourth-order valence-corrected chi connectivity index (χ4v) is 3.14. The third kappa shape index (κ3) is 4.06. The van der Waals surface area contributed by atoms with Gasteiger partial charge >= 0.3 is 0 Å². The Morgan fingerprint density at radius 3 is 2.72 bits per heavy atom. The minimum Gasteiger partial charge on any atom is -0.482 e. The quantitative estimate of drug-likeness (QED) is 0.851. The molecule has 0 spiro atoms. The molecule has 2 aromatic carbocycles. The maximum atomic E-state index is 12.3. The molecule has 1 unspecified atom stereocenters. The average molecular weight is 379 g/mol. The van der Waals surface area contributed by atoms with Gasteiger partial charge in [0.15, 0.2) is 6.61 Å². The molecule has 0 fully saturated rings. The highest BCUT2D eigenvalue weighted by atomic mass is 35.5. The Bertz CT molecular complexity index is 819. The second kappa shape index (κ2) is 7.33. The molecule has 0 radical (unpaired) electrons. The summed E-state index contributed by atoms with van der Waals surface area (Å²) in [5, 5.41) is 6.58. The normalized spacial score (nSPS) is 14.1. The molecule has 2 N–H and O–H groups in total. The van der Waals surface area contributed by atoms with Gasteiger partial charge in [-0.05, 0) is 42.3 Å². The molecule has 1 aliphatic rings. The highest BCUT2D eigenvalue weighted by molar-refractivity contribution is 6.36. The molecule has 5 nitrogen and oxygen atoms in total. The van der Waals surface area contributed by atoms with Gasteiger partial charge in [0.25, 0.3) is 5.91 Å². The molecule has 2 aromatic rings. The second-order valence-electron chi connectivity index (χ2n) is 5.76. The maximum absolute atomic E-state index is 12.3. The van der Waals surface area contributed by atoms with Crippen LogP contribution in [0.1, 0.15) is 24.1 Å². The number of hydrogen-bond acceptors (Lipinski definition) is 3. The number of hydrogen-bond donors (Lipinski definition) is 2. The number of carbonyl (C=O) groups excluding carboxylic acids is 2. The highest BCUT2D eigenvalue weighted by Crippen LogP contribution is 2.30. The third-order valence-corrected chi connectivity index (χ3v) is 4.62. The van der Waals surface area contributed by atoms with Crippen LogP contribution in [-0.2, 0) is 16.0 Å². The SMILES string of the molecule is CC(NC(=O)Cc1c(Cl)cccc1Cl)c1ccc2c(c1)NC(=O)CO2. The Morgan fingerprint density at radius 2 is 2.00 bits per heavy atom. The predicted octanol–water partition coefficient (Wildman–Crippen LogP) is 3.74. The first-order valence-corrected chi connectivity index (χ1v) is 8.48. The lowest BCUT2D eigenvalue weighted by Gasteiger charge is -2.21. The van der Waals surface area contributed by atoms with Crippen LogP contribution in [0.2, 0.25) is 10.0 Å². The highest BCUT2D eigenvalue weighted by Gasteiger charge is 2.19. The van der Waals surface area contributed by atoms with Gasteiger partial charge in [-0.25, -0.2) is 0 Å². The molecule has 3 rings (SSSR count). The molecule has 2 amide bonds. The van der Waals surface area contributed by atoms with Gasteiger partial charge in [-0.15, -0.1) is 0 Å². The van der Waals surface area contributed by atoms with Gasteiger partial charge < -0.3 is 15.4 Å². The van der Waals surface area contributed by atoms with E-state index >= 15 is 0 Å². The average Bonchev–Trinajstić information content (AvgIpc) is 2.57. The van der Waals surface area contributed by atoms with E-state index in [9.17, 15) is 9.59 Å². The van der Waals surface area contributed by atoms with Crippen LogP contribution < -0.4 is 15.4 Å². The summed E-state index contributed by atoms with van der Waals surface area (Å²) in [6.45, 7) is 1.87. The molecule has 0 bridgehead atoms. The number of fused-ring (bicyclic) bond motifs is 1. The maximum Gasteiger partial charge on any atom is 0.262 e. The Balaban J connectivity index is 1.70. The number of ether oxygens (including phenoxy) is 1. The van der Waals surface area contributed by atoms with Gasteiger partial charge in [0.05, 0.1) is 18.2 Å². The zero-order valence-electron chi connectivity index (χ0n) is 13.4. The van der Waals surface area contributed by atoms with Crippen LogP contribution in [0.5, 0.6) is 5.75 Å². The molecule has 0 saturated carbocycles. The van der Waals surface area contributed by atoms with Gasteiger partial charge in [-0.2, -0.15) is 0 Å². The first-order valence-electron chi connectivity index (χ1n) is 7.73. The number of halogens is 2. The Labute approximate surface area is 155 Å². The molecule has 1 atom stereocenters. The minimum absolute atomic E-state index is 0.0111. The number of anilines is 1. The summed E-state index contributed by atoms with van der Waals surface area (Å²) in [5.41, 5.74) is 2.05. The van der Waals surface area contributed by atoms with Crippen molar-refractivity contribution >= 4 is 40.7 Å². The van der Waals surface area contributed by atoms with E-state index in [0.29, 0.717) is 27.0 Å². The van der Waals surface area contributed by atoms with Crippen LogP contribution >= 0.6 is 23.2 Å². The van der Waals surface area contributed by atoms with E-state index in [1.54, 1.807) is 30.3 Å². The fourth-order valence-electron chi connectivity index (χ4n) is 2.61. The number of carbonyl (C=O) groups is 2. The van der Waals surface area contributed by atoms with E-state index in [1.165, 1.54) is 0 Å². The van der Waals surface area contributed by atoms with Crippen molar-refractivity contribution in [3.05, 3.63) is 57.6 Å². The smallest absolute Gasteiger partial charge is 0.262 e. The van der Waals surface area contributed by atoms with Crippen LogP contribution in [0.3, 0.4) is 0 Å². The Kier molecular flexibility index (Phi) is 5.16. The largest absolute Gasteiger partial charge is 0.482 e. The minimum atomic E-state index is -0.252. The predicted molar refractivity (Wildman–Crippen MR) is 97.3 cm³/mol. The summed E-state index contributed by atoms with van der Waals surface area (Å²) in [7, 11) is 0. The molecule has 7 heteroatoms. The van der Waals surface area contributed by atoms with Crippen molar-refractivity contribution in [1.82, 2.24) is 5.32 Å². The molecular formula is C18H16Cl2N2O3. The van der Waals surface area contributed by atoms with Crippen molar-refractivity contribution in [2.75, 3.05) is 11.9 Å². The molecule has 0 aliphatic carbocycles. The van der Waals surface area contributed by atoms with Crippen molar-refractivity contribution in [3.8, 4) is 5.75 Å². The van der Waals surface area contributed by atoms with Crippen molar-refractivity contribution in [3.63, 3.8) is 0 Å². The molecular weight excluding hydrogens is 363 g/mol. The molecule has 130 valence electrons. The molecule has 0 saturated heterocycles. The summed E-state index contributed by atoms with van der Waals surface area (Å²) in [6.07, 6.45) is 0.0909. The number of nitrogens with one attached hydrogen (secondary N) is 2. The lowest BCUT2D eigenvalue weighted by molar-refractivity contribution is -0.121. The van der Waals surface area contributed by atoms with Crippen molar-refractivity contribution in [1.29, 1.82) is 0 Å². The van der Waals surface area contributed by atoms with Crippen LogP contribution in [0, 0.1) is 0 Å². The van der Waals surface area contributed by atoms with Crippen LogP contribution in [0.4, 0.5) is 5.69 Å². The summed E-state index contributed by atoms with van der Waals surface area (Å²) in [4.78, 5) is 23.7. The van der Waals surface area contributed by atoms with Crippen molar-refractivity contribution in [2.45, 2.75) is 19.4 Å². The Morgan fingerprint density at radius 1 is 1.28 bits per heavy atom. The molecule has 1 aliphatic heterocycles. The third-order valence-electron chi connectivity index (χ3n) is 3.91. The zero-order chi connectivity index (χ0) is 18.0.